The number of fused-ring (bicyclic) bond motifs is 1. The van der Waals surface area contributed by atoms with Crippen molar-refractivity contribution in [2.24, 2.45) is 4.99 Å². The second kappa shape index (κ2) is 11.1. The van der Waals surface area contributed by atoms with E-state index in [4.69, 9.17) is 14.1 Å². The third-order valence-electron chi connectivity index (χ3n) is 6.52. The fourth-order valence-electron chi connectivity index (χ4n) is 4.72. The Hall–Kier alpha value is -4.27. The molecule has 0 unspecified atom stereocenters. The van der Waals surface area contributed by atoms with Gasteiger partial charge in [-0.2, -0.15) is 0 Å². The molecule has 2 aromatic heterocycles. The summed E-state index contributed by atoms with van der Waals surface area (Å²) in [7, 11) is 0. The molecule has 0 fully saturated rings. The lowest BCUT2D eigenvalue weighted by molar-refractivity contribution is -0.138. The van der Waals surface area contributed by atoms with Crippen LogP contribution in [0.3, 0.4) is 0 Å². The number of nitrogens with zero attached hydrogens (tertiary/aromatic N) is 2. The summed E-state index contributed by atoms with van der Waals surface area (Å²) in [5.41, 5.74) is 3.06. The third-order valence-corrected chi connectivity index (χ3v) is 8.03. The summed E-state index contributed by atoms with van der Waals surface area (Å²) in [6, 6.07) is 29.8. The van der Waals surface area contributed by atoms with Gasteiger partial charge in [-0.15, -0.1) is 0 Å². The Morgan fingerprint density at radius 1 is 0.975 bits per heavy atom. The Balaban J connectivity index is 1.55. The lowest BCUT2D eigenvalue weighted by Gasteiger charge is -2.25. The van der Waals surface area contributed by atoms with Gasteiger partial charge in [0.1, 0.15) is 11.5 Å². The quantitative estimate of drug-likeness (QED) is 0.222. The molecule has 1 atom stereocenters. The Morgan fingerprint density at radius 2 is 1.68 bits per heavy atom. The van der Waals surface area contributed by atoms with Gasteiger partial charge in [0.2, 0.25) is 0 Å². The molecule has 0 spiro atoms. The van der Waals surface area contributed by atoms with Gasteiger partial charge < -0.3 is 9.15 Å². The molecule has 0 aliphatic carbocycles. The van der Waals surface area contributed by atoms with Gasteiger partial charge >= 0.3 is 5.97 Å². The number of thiazole rings is 1. The van der Waals surface area contributed by atoms with E-state index < -0.39 is 12.0 Å². The van der Waals surface area contributed by atoms with Crippen LogP contribution < -0.4 is 14.9 Å². The molecule has 0 amide bonds. The van der Waals surface area contributed by atoms with Gasteiger partial charge in [0.15, 0.2) is 4.80 Å². The van der Waals surface area contributed by atoms with Gasteiger partial charge in [-0.3, -0.25) is 9.36 Å². The van der Waals surface area contributed by atoms with Crippen molar-refractivity contribution < 1.29 is 13.9 Å². The molecular weight excluding hydrogens is 588 g/mol. The van der Waals surface area contributed by atoms with Crippen molar-refractivity contribution in [1.82, 2.24) is 4.57 Å². The maximum Gasteiger partial charge on any atom is 0.338 e. The second-order valence-corrected chi connectivity index (χ2v) is 11.0. The number of aromatic nitrogens is 1. The van der Waals surface area contributed by atoms with Gasteiger partial charge in [0.25, 0.3) is 5.56 Å². The van der Waals surface area contributed by atoms with Crippen LogP contribution in [0.15, 0.2) is 121 Å². The maximum absolute atomic E-state index is 13.9. The second-order valence-electron chi connectivity index (χ2n) is 9.05. The molecule has 40 heavy (non-hydrogen) atoms. The monoisotopic (exact) mass is 610 g/mol. The van der Waals surface area contributed by atoms with Crippen LogP contribution in [0.25, 0.3) is 23.1 Å². The first kappa shape index (κ1) is 26.0. The van der Waals surface area contributed by atoms with Crippen LogP contribution in [0.2, 0.25) is 0 Å². The predicted octanol–water partition coefficient (Wildman–Crippen LogP) is 5.96. The summed E-state index contributed by atoms with van der Waals surface area (Å²) in [5.74, 6) is 0.746. The van der Waals surface area contributed by atoms with Crippen LogP contribution in [0.4, 0.5) is 0 Å². The lowest BCUT2D eigenvalue weighted by atomic mass is 9.93. The largest absolute Gasteiger partial charge is 0.463 e. The van der Waals surface area contributed by atoms with Crippen LogP contribution in [0.5, 0.6) is 0 Å². The highest BCUT2D eigenvalue weighted by atomic mass is 79.9. The van der Waals surface area contributed by atoms with Crippen molar-refractivity contribution in [3.05, 3.63) is 144 Å². The smallest absolute Gasteiger partial charge is 0.338 e. The van der Waals surface area contributed by atoms with Crippen molar-refractivity contribution in [2.45, 2.75) is 13.0 Å². The highest BCUT2D eigenvalue weighted by Crippen LogP contribution is 2.35. The summed E-state index contributed by atoms with van der Waals surface area (Å²) in [6.07, 6.45) is 1.73. The van der Waals surface area contributed by atoms with Crippen molar-refractivity contribution in [3.8, 4) is 11.3 Å². The van der Waals surface area contributed by atoms with Crippen molar-refractivity contribution in [3.63, 3.8) is 0 Å². The molecular formula is C32H23BrN2O4S. The standard InChI is InChI=1S/C32H23BrN2O4S/c1-2-38-31(37)27-28(21-9-5-3-6-10-21)34-32-35(29(27)22-11-7-4-8-12-22)30(36)26(40-32)19-24-17-18-25(39-24)20-13-15-23(33)16-14-20/h3-19,29H,2H2,1H3/b26-19-/t29-/m0/s1. The summed E-state index contributed by atoms with van der Waals surface area (Å²) in [5, 5.41) is 0. The topological polar surface area (TPSA) is 73.8 Å². The Kier molecular flexibility index (Phi) is 7.19. The van der Waals surface area contributed by atoms with Gasteiger partial charge in [-0.1, -0.05) is 100 Å². The number of carbonyl (C=O) groups is 1. The Morgan fingerprint density at radius 3 is 2.38 bits per heavy atom. The number of furan rings is 1. The van der Waals surface area contributed by atoms with Crippen LogP contribution in [-0.2, 0) is 9.53 Å². The van der Waals surface area contributed by atoms with Crippen molar-refractivity contribution in [2.75, 3.05) is 6.61 Å². The number of hydrogen-bond acceptors (Lipinski definition) is 6. The van der Waals surface area contributed by atoms with E-state index in [9.17, 15) is 9.59 Å². The van der Waals surface area contributed by atoms with Crippen LogP contribution in [0, 0.1) is 0 Å². The Labute approximate surface area is 242 Å². The van der Waals surface area contributed by atoms with Gasteiger partial charge in [-0.25, -0.2) is 9.79 Å². The van der Waals surface area contributed by atoms with Gasteiger partial charge in [0, 0.05) is 21.7 Å². The van der Waals surface area contributed by atoms with Crippen molar-refractivity contribution >= 4 is 45.0 Å². The lowest BCUT2D eigenvalue weighted by Crippen LogP contribution is -2.39. The molecule has 1 aliphatic rings. The van der Waals surface area contributed by atoms with Crippen LogP contribution in [0.1, 0.15) is 29.9 Å². The Bertz CT molecular complexity index is 1900. The number of benzene rings is 3. The summed E-state index contributed by atoms with van der Waals surface area (Å²) in [4.78, 5) is 32.8. The maximum atomic E-state index is 13.9. The molecule has 6 nitrogen and oxygen atoms in total. The molecule has 6 rings (SSSR count). The minimum absolute atomic E-state index is 0.204. The number of carbonyl (C=O) groups excluding carboxylic acids is 1. The molecule has 3 aromatic carbocycles. The third kappa shape index (κ3) is 4.92. The minimum Gasteiger partial charge on any atom is -0.463 e. The molecule has 0 bridgehead atoms. The number of rotatable bonds is 6. The van der Waals surface area contributed by atoms with E-state index in [0.29, 0.717) is 32.1 Å². The zero-order chi connectivity index (χ0) is 27.6. The minimum atomic E-state index is -0.705. The number of hydrogen-bond donors (Lipinski definition) is 0. The number of halogens is 1. The average molecular weight is 612 g/mol. The molecule has 0 saturated carbocycles. The summed E-state index contributed by atoms with van der Waals surface area (Å²) >= 11 is 4.72. The van der Waals surface area contributed by atoms with E-state index in [1.165, 1.54) is 11.3 Å². The van der Waals surface area contributed by atoms with Gasteiger partial charge in [0.05, 0.1) is 28.5 Å². The van der Waals surface area contributed by atoms with Gasteiger partial charge in [-0.05, 0) is 36.8 Å². The van der Waals surface area contributed by atoms with Crippen LogP contribution in [-0.4, -0.2) is 17.1 Å². The van der Waals surface area contributed by atoms with E-state index in [1.54, 1.807) is 17.6 Å². The highest BCUT2D eigenvalue weighted by molar-refractivity contribution is 9.10. The van der Waals surface area contributed by atoms with E-state index in [1.807, 2.05) is 97.1 Å². The predicted molar refractivity (Wildman–Crippen MR) is 159 cm³/mol. The fraction of sp³-hybridized carbons (Fsp3) is 0.0938. The SMILES string of the molecule is CCOC(=O)C1=C(c2ccccc2)N=c2s/c(=C\c3ccc(-c4ccc(Br)cc4)o3)c(=O)n2[C@H]1c1ccccc1. The molecule has 0 radical (unpaired) electrons. The molecule has 1 aliphatic heterocycles. The molecule has 0 saturated heterocycles. The highest BCUT2D eigenvalue weighted by Gasteiger charge is 2.35. The first-order chi connectivity index (χ1) is 19.5. The van der Waals surface area contributed by atoms with Crippen molar-refractivity contribution in [1.29, 1.82) is 0 Å². The van der Waals surface area contributed by atoms with E-state index in [2.05, 4.69) is 15.9 Å². The van der Waals surface area contributed by atoms with Crippen LogP contribution >= 0.6 is 27.3 Å². The first-order valence-electron chi connectivity index (χ1n) is 12.7. The molecule has 0 N–H and O–H groups in total. The zero-order valence-corrected chi connectivity index (χ0v) is 23.8. The molecule has 198 valence electrons. The summed E-state index contributed by atoms with van der Waals surface area (Å²) < 4.78 is 14.6. The number of esters is 1. The zero-order valence-electron chi connectivity index (χ0n) is 21.4. The average Bonchev–Trinajstić information content (AvgIpc) is 3.58. The molecule has 5 aromatic rings. The van der Waals surface area contributed by atoms with E-state index in [0.717, 1.165) is 21.2 Å². The normalized spacial score (nSPS) is 15.1. The fourth-order valence-corrected chi connectivity index (χ4v) is 5.97. The molecule has 3 heterocycles. The molecule has 8 heteroatoms. The number of ether oxygens (including phenoxy) is 1. The van der Waals surface area contributed by atoms with E-state index >= 15 is 0 Å². The van der Waals surface area contributed by atoms with E-state index in [-0.39, 0.29) is 12.2 Å². The first-order valence-corrected chi connectivity index (χ1v) is 14.3. The summed E-state index contributed by atoms with van der Waals surface area (Å²) in [6.45, 7) is 1.97.